The van der Waals surface area contributed by atoms with Crippen molar-refractivity contribution in [3.05, 3.63) is 47.9 Å². The molecule has 4 heterocycles. The minimum Gasteiger partial charge on any atom is -0.369 e. The van der Waals surface area contributed by atoms with Gasteiger partial charge in [-0.3, -0.25) is 4.79 Å². The van der Waals surface area contributed by atoms with Crippen LogP contribution >= 0.6 is 11.6 Å². The summed E-state index contributed by atoms with van der Waals surface area (Å²) < 4.78 is 0. The van der Waals surface area contributed by atoms with Gasteiger partial charge in [0.15, 0.2) is 5.82 Å². The lowest BCUT2D eigenvalue weighted by atomic mass is 9.97. The lowest BCUT2D eigenvalue weighted by Gasteiger charge is -2.33. The van der Waals surface area contributed by atoms with Crippen molar-refractivity contribution in [2.45, 2.75) is 26.2 Å². The Hall–Kier alpha value is -2.93. The Morgan fingerprint density at radius 1 is 1.43 bits per heavy atom. The Balaban J connectivity index is 1.49. The second kappa shape index (κ2) is 8.83. The molecule has 0 unspecified atom stereocenters. The van der Waals surface area contributed by atoms with Crippen LogP contribution in [0.25, 0.3) is 22.4 Å². The van der Waals surface area contributed by atoms with Crippen LogP contribution in [0.5, 0.6) is 0 Å². The van der Waals surface area contributed by atoms with Crippen molar-refractivity contribution in [2.24, 2.45) is 5.92 Å². The van der Waals surface area contributed by atoms with Gasteiger partial charge in [-0.2, -0.15) is 0 Å². The number of carbonyl (C=O) groups is 1. The molecule has 3 aromatic rings. The molecule has 1 atom stereocenters. The lowest BCUT2D eigenvalue weighted by molar-refractivity contribution is -0.131. The molecule has 1 amide bonds. The third-order valence-electron chi connectivity index (χ3n) is 5.46. The van der Waals surface area contributed by atoms with E-state index in [4.69, 9.17) is 16.6 Å². The number of likely N-dealkylation sites (tertiary alicyclic amines) is 1. The van der Waals surface area contributed by atoms with Crippen molar-refractivity contribution in [1.29, 1.82) is 0 Å². The van der Waals surface area contributed by atoms with Gasteiger partial charge >= 0.3 is 0 Å². The summed E-state index contributed by atoms with van der Waals surface area (Å²) in [4.78, 5) is 30.8. The maximum atomic E-state index is 12.2. The highest BCUT2D eigenvalue weighted by atomic mass is 35.5. The second-order valence-corrected chi connectivity index (χ2v) is 8.14. The van der Waals surface area contributed by atoms with E-state index >= 15 is 0 Å². The minimum absolute atomic E-state index is 0.154. The first kappa shape index (κ1) is 20.3. The van der Waals surface area contributed by atoms with Crippen molar-refractivity contribution >= 4 is 34.4 Å². The van der Waals surface area contributed by atoms with E-state index in [9.17, 15) is 4.79 Å². The number of pyridine rings is 1. The SMILES string of the molecule is C=CCC(=O)N1CCC[C@@H](CNc2nc(-c3c[nH]c4ncc(Cl)cc34)ncc2C)C1. The van der Waals surface area contributed by atoms with Crippen molar-refractivity contribution in [1.82, 2.24) is 24.8 Å². The first-order valence-electron chi connectivity index (χ1n) is 10.1. The van der Waals surface area contributed by atoms with E-state index in [1.807, 2.05) is 30.3 Å². The molecule has 3 aromatic heterocycles. The highest BCUT2D eigenvalue weighted by molar-refractivity contribution is 6.31. The van der Waals surface area contributed by atoms with Gasteiger partial charge in [-0.05, 0) is 31.7 Å². The molecule has 0 bridgehead atoms. The number of aromatic nitrogens is 4. The van der Waals surface area contributed by atoms with Crippen LogP contribution in [-0.4, -0.2) is 50.4 Å². The van der Waals surface area contributed by atoms with Crippen LogP contribution in [0.3, 0.4) is 0 Å². The molecular formula is C22H25ClN6O. The van der Waals surface area contributed by atoms with Crippen LogP contribution in [-0.2, 0) is 4.79 Å². The summed E-state index contributed by atoms with van der Waals surface area (Å²) in [5.41, 5.74) is 2.59. The number of halogens is 1. The van der Waals surface area contributed by atoms with Gasteiger partial charge in [-0.1, -0.05) is 17.7 Å². The Bertz CT molecular complexity index is 1080. The van der Waals surface area contributed by atoms with Gasteiger partial charge in [0.05, 0.1) is 5.02 Å². The Kier molecular flexibility index (Phi) is 5.99. The van der Waals surface area contributed by atoms with Crippen molar-refractivity contribution < 1.29 is 4.79 Å². The number of aromatic amines is 1. The number of anilines is 1. The molecule has 8 heteroatoms. The van der Waals surface area contributed by atoms with Crippen LogP contribution in [0.4, 0.5) is 5.82 Å². The van der Waals surface area contributed by atoms with Crippen LogP contribution in [0.1, 0.15) is 24.8 Å². The third kappa shape index (κ3) is 4.31. The van der Waals surface area contributed by atoms with E-state index in [0.717, 1.165) is 60.5 Å². The van der Waals surface area contributed by atoms with Crippen LogP contribution in [0.2, 0.25) is 5.02 Å². The maximum absolute atomic E-state index is 12.2. The number of nitrogens with one attached hydrogen (secondary N) is 2. The number of hydrogen-bond acceptors (Lipinski definition) is 5. The van der Waals surface area contributed by atoms with Gasteiger partial charge in [0, 0.05) is 61.2 Å². The predicted molar refractivity (Wildman–Crippen MR) is 119 cm³/mol. The quantitative estimate of drug-likeness (QED) is 0.579. The Morgan fingerprint density at radius 3 is 3.13 bits per heavy atom. The smallest absolute Gasteiger partial charge is 0.226 e. The molecule has 156 valence electrons. The van der Waals surface area contributed by atoms with E-state index in [-0.39, 0.29) is 5.91 Å². The van der Waals surface area contributed by atoms with Crippen LogP contribution < -0.4 is 5.32 Å². The van der Waals surface area contributed by atoms with E-state index in [1.54, 1.807) is 12.3 Å². The molecule has 0 saturated carbocycles. The number of carbonyl (C=O) groups excluding carboxylic acids is 1. The monoisotopic (exact) mass is 424 g/mol. The van der Waals surface area contributed by atoms with Crippen LogP contribution in [0, 0.1) is 12.8 Å². The third-order valence-corrected chi connectivity index (χ3v) is 5.67. The number of fused-ring (bicyclic) bond motifs is 1. The summed E-state index contributed by atoms with van der Waals surface area (Å²) in [6, 6.07) is 1.86. The number of piperidine rings is 1. The molecule has 0 aliphatic carbocycles. The summed E-state index contributed by atoms with van der Waals surface area (Å²) in [5.74, 6) is 1.96. The largest absolute Gasteiger partial charge is 0.369 e. The molecule has 7 nitrogen and oxygen atoms in total. The average Bonchev–Trinajstić information content (AvgIpc) is 3.16. The fourth-order valence-corrected chi connectivity index (χ4v) is 4.02. The molecule has 1 aliphatic heterocycles. The van der Waals surface area contributed by atoms with Gasteiger partial charge in [0.2, 0.25) is 5.91 Å². The molecular weight excluding hydrogens is 400 g/mol. The summed E-state index contributed by atoms with van der Waals surface area (Å²) >= 11 is 6.12. The first-order chi connectivity index (χ1) is 14.5. The number of aryl methyl sites for hydroxylation is 1. The topological polar surface area (TPSA) is 86.8 Å². The number of rotatable bonds is 6. The first-order valence-corrected chi connectivity index (χ1v) is 10.5. The van der Waals surface area contributed by atoms with Gasteiger partial charge < -0.3 is 15.2 Å². The fourth-order valence-electron chi connectivity index (χ4n) is 3.87. The molecule has 1 saturated heterocycles. The summed E-state index contributed by atoms with van der Waals surface area (Å²) in [6.07, 6.45) is 9.47. The molecule has 1 fully saturated rings. The Morgan fingerprint density at radius 2 is 2.30 bits per heavy atom. The zero-order valence-corrected chi connectivity index (χ0v) is 17.7. The molecule has 1 aliphatic rings. The highest BCUT2D eigenvalue weighted by Crippen LogP contribution is 2.28. The van der Waals surface area contributed by atoms with Gasteiger partial charge in [-0.15, -0.1) is 6.58 Å². The predicted octanol–water partition coefficient (Wildman–Crippen LogP) is 4.21. The molecule has 0 radical (unpaired) electrons. The molecule has 4 rings (SSSR count). The second-order valence-electron chi connectivity index (χ2n) is 7.70. The zero-order chi connectivity index (χ0) is 21.1. The van der Waals surface area contributed by atoms with Crippen molar-refractivity contribution in [3.63, 3.8) is 0 Å². The van der Waals surface area contributed by atoms with E-state index in [0.29, 0.717) is 23.2 Å². The highest BCUT2D eigenvalue weighted by Gasteiger charge is 2.23. The normalized spacial score (nSPS) is 16.6. The lowest BCUT2D eigenvalue weighted by Crippen LogP contribution is -2.41. The van der Waals surface area contributed by atoms with Crippen molar-refractivity contribution in [2.75, 3.05) is 25.0 Å². The standard InChI is InChI=1S/C22H25ClN6O/c1-3-5-19(30)29-7-4-6-15(13-29)10-25-20-14(2)9-24-22(28-20)18-12-27-21-17(18)8-16(23)11-26-21/h3,8-9,11-12,15H,1,4-7,10,13H2,2H3,(H,26,27)(H,24,25,28)/t15-/m0/s1. The summed E-state index contributed by atoms with van der Waals surface area (Å²) in [7, 11) is 0. The number of amides is 1. The summed E-state index contributed by atoms with van der Waals surface area (Å²) in [6.45, 7) is 8.01. The van der Waals surface area contributed by atoms with E-state index in [1.165, 1.54) is 0 Å². The number of hydrogen-bond donors (Lipinski definition) is 2. The summed E-state index contributed by atoms with van der Waals surface area (Å²) in [5, 5.41) is 4.94. The zero-order valence-electron chi connectivity index (χ0n) is 17.0. The number of H-pyrrole nitrogens is 1. The molecule has 30 heavy (non-hydrogen) atoms. The molecule has 2 N–H and O–H groups in total. The molecule has 0 spiro atoms. The van der Waals surface area contributed by atoms with E-state index in [2.05, 4.69) is 26.8 Å². The maximum Gasteiger partial charge on any atom is 0.226 e. The van der Waals surface area contributed by atoms with Gasteiger partial charge in [0.25, 0.3) is 0 Å². The average molecular weight is 425 g/mol. The number of nitrogens with zero attached hydrogens (tertiary/aromatic N) is 4. The van der Waals surface area contributed by atoms with Crippen LogP contribution in [0.15, 0.2) is 37.3 Å². The van der Waals surface area contributed by atoms with Crippen molar-refractivity contribution in [3.8, 4) is 11.4 Å². The fraction of sp³-hybridized carbons (Fsp3) is 0.364. The van der Waals surface area contributed by atoms with Gasteiger partial charge in [0.1, 0.15) is 11.5 Å². The molecule has 0 aromatic carbocycles. The van der Waals surface area contributed by atoms with E-state index < -0.39 is 0 Å². The Labute approximate surface area is 180 Å². The minimum atomic E-state index is 0.154. The van der Waals surface area contributed by atoms with Gasteiger partial charge in [-0.25, -0.2) is 15.0 Å².